The molecule has 0 saturated carbocycles. The van der Waals surface area contributed by atoms with Gasteiger partial charge in [0, 0.05) is 0 Å². The van der Waals surface area contributed by atoms with Gasteiger partial charge in [0.15, 0.2) is 0 Å². The predicted molar refractivity (Wildman–Crippen MR) is 71.2 cm³/mol. The van der Waals surface area contributed by atoms with Gasteiger partial charge >= 0.3 is 0 Å². The van der Waals surface area contributed by atoms with E-state index in [1.165, 1.54) is 24.8 Å². The highest BCUT2D eigenvalue weighted by atomic mass is 14.3. The van der Waals surface area contributed by atoms with Crippen LogP contribution in [0, 0.1) is 11.3 Å². The lowest BCUT2D eigenvalue weighted by atomic mass is 9.68. The summed E-state index contributed by atoms with van der Waals surface area (Å²) in [6.07, 6.45) is 6.31. The molecule has 1 aromatic carbocycles. The lowest BCUT2D eigenvalue weighted by Crippen LogP contribution is -2.25. The van der Waals surface area contributed by atoms with Gasteiger partial charge in [-0.1, -0.05) is 57.2 Å². The molecule has 1 aliphatic carbocycles. The third-order valence-corrected chi connectivity index (χ3v) is 4.03. The number of benzene rings is 1. The Morgan fingerprint density at radius 2 is 1.88 bits per heavy atom. The summed E-state index contributed by atoms with van der Waals surface area (Å²) < 4.78 is 0. The van der Waals surface area contributed by atoms with Crippen LogP contribution in [-0.2, 0) is 0 Å². The average molecular weight is 214 g/mol. The van der Waals surface area contributed by atoms with Crippen molar-refractivity contribution in [3.63, 3.8) is 0 Å². The Labute approximate surface area is 99.4 Å². The topological polar surface area (TPSA) is 0 Å². The maximum Gasteiger partial charge on any atom is -0.0179 e. The van der Waals surface area contributed by atoms with Crippen molar-refractivity contribution in [2.45, 2.75) is 40.0 Å². The van der Waals surface area contributed by atoms with Crippen molar-refractivity contribution >= 4 is 5.57 Å². The molecule has 0 aromatic heterocycles. The number of hydrogen-bond donors (Lipinski definition) is 0. The van der Waals surface area contributed by atoms with Crippen LogP contribution in [0.5, 0.6) is 0 Å². The van der Waals surface area contributed by atoms with Crippen molar-refractivity contribution in [2.75, 3.05) is 0 Å². The number of hydrogen-bond acceptors (Lipinski definition) is 0. The van der Waals surface area contributed by atoms with E-state index in [2.05, 4.69) is 57.2 Å². The summed E-state index contributed by atoms with van der Waals surface area (Å²) in [6.45, 7) is 7.11. The summed E-state index contributed by atoms with van der Waals surface area (Å²) in [5.74, 6) is 0.733. The third kappa shape index (κ3) is 2.21. The first-order valence-electron chi connectivity index (χ1n) is 6.39. The van der Waals surface area contributed by atoms with E-state index in [1.54, 1.807) is 5.57 Å². The maximum atomic E-state index is 2.51. The Kier molecular flexibility index (Phi) is 3.18. The van der Waals surface area contributed by atoms with Gasteiger partial charge in [0.1, 0.15) is 0 Å². The van der Waals surface area contributed by atoms with Crippen molar-refractivity contribution in [1.29, 1.82) is 0 Å². The van der Waals surface area contributed by atoms with Gasteiger partial charge in [-0.05, 0) is 41.7 Å². The summed E-state index contributed by atoms with van der Waals surface area (Å²) in [5, 5.41) is 0. The molecule has 2 rings (SSSR count). The lowest BCUT2D eigenvalue weighted by Gasteiger charge is -2.37. The first-order chi connectivity index (χ1) is 7.63. The monoisotopic (exact) mass is 214 g/mol. The molecule has 0 unspecified atom stereocenters. The van der Waals surface area contributed by atoms with Gasteiger partial charge in [-0.15, -0.1) is 0 Å². The van der Waals surface area contributed by atoms with Crippen LogP contribution in [0.3, 0.4) is 0 Å². The SMILES string of the molecule is CC[C@@H]1C=C(c2ccccc2)CCC1(C)C. The van der Waals surface area contributed by atoms with Crippen molar-refractivity contribution in [3.8, 4) is 0 Å². The normalized spacial score (nSPS) is 23.9. The molecule has 0 saturated heterocycles. The van der Waals surface area contributed by atoms with Gasteiger partial charge in [-0.2, -0.15) is 0 Å². The Bertz CT molecular complexity index is 370. The van der Waals surface area contributed by atoms with E-state index in [4.69, 9.17) is 0 Å². The molecule has 86 valence electrons. The van der Waals surface area contributed by atoms with Crippen molar-refractivity contribution in [3.05, 3.63) is 42.0 Å². The molecule has 1 aliphatic rings. The van der Waals surface area contributed by atoms with Crippen LogP contribution in [0.2, 0.25) is 0 Å². The molecule has 0 fully saturated rings. The predicted octanol–water partition coefficient (Wildman–Crippen LogP) is 4.92. The molecule has 0 heteroatoms. The molecule has 1 aromatic rings. The van der Waals surface area contributed by atoms with Gasteiger partial charge in [0.05, 0.1) is 0 Å². The molecule has 0 amide bonds. The minimum absolute atomic E-state index is 0.479. The zero-order valence-electron chi connectivity index (χ0n) is 10.7. The smallest absolute Gasteiger partial charge is 0.0179 e. The van der Waals surface area contributed by atoms with Crippen molar-refractivity contribution in [1.82, 2.24) is 0 Å². The Morgan fingerprint density at radius 3 is 2.50 bits per heavy atom. The van der Waals surface area contributed by atoms with Crippen molar-refractivity contribution < 1.29 is 0 Å². The fourth-order valence-corrected chi connectivity index (χ4v) is 2.76. The molecule has 0 radical (unpaired) electrons. The number of allylic oxidation sites excluding steroid dienone is 2. The van der Waals surface area contributed by atoms with Crippen molar-refractivity contribution in [2.24, 2.45) is 11.3 Å². The maximum absolute atomic E-state index is 2.51. The molecular formula is C16H22. The number of rotatable bonds is 2. The standard InChI is InChI=1S/C16H22/c1-4-15-12-14(10-11-16(15,2)3)13-8-6-5-7-9-13/h5-9,12,15H,4,10-11H2,1-3H3/t15-/m1/s1. The van der Waals surface area contributed by atoms with Gasteiger partial charge in [-0.25, -0.2) is 0 Å². The molecule has 0 nitrogen and oxygen atoms in total. The quantitative estimate of drug-likeness (QED) is 0.655. The first kappa shape index (κ1) is 11.4. The van der Waals surface area contributed by atoms with E-state index in [9.17, 15) is 0 Å². The van der Waals surface area contributed by atoms with E-state index in [0.717, 1.165) is 5.92 Å². The Balaban J connectivity index is 2.28. The highest BCUT2D eigenvalue weighted by molar-refractivity contribution is 5.66. The van der Waals surface area contributed by atoms with Crippen LogP contribution in [0.1, 0.15) is 45.6 Å². The molecule has 0 spiro atoms. The van der Waals surface area contributed by atoms with Crippen LogP contribution in [0.25, 0.3) is 5.57 Å². The molecule has 0 aliphatic heterocycles. The second-order valence-corrected chi connectivity index (χ2v) is 5.56. The molecule has 0 bridgehead atoms. The van der Waals surface area contributed by atoms with E-state index in [0.29, 0.717) is 5.41 Å². The molecule has 0 N–H and O–H groups in total. The van der Waals surface area contributed by atoms with E-state index >= 15 is 0 Å². The Hall–Kier alpha value is -1.04. The lowest BCUT2D eigenvalue weighted by molar-refractivity contribution is 0.226. The van der Waals surface area contributed by atoms with Gasteiger partial charge < -0.3 is 0 Å². The Morgan fingerprint density at radius 1 is 1.19 bits per heavy atom. The van der Waals surface area contributed by atoms with E-state index < -0.39 is 0 Å². The third-order valence-electron chi connectivity index (χ3n) is 4.03. The van der Waals surface area contributed by atoms with E-state index in [1.807, 2.05) is 0 Å². The van der Waals surface area contributed by atoms with Crippen LogP contribution in [-0.4, -0.2) is 0 Å². The average Bonchev–Trinajstić information content (AvgIpc) is 2.30. The zero-order chi connectivity index (χ0) is 11.6. The molecule has 0 heterocycles. The second-order valence-electron chi connectivity index (χ2n) is 5.56. The minimum Gasteiger partial charge on any atom is -0.0771 e. The van der Waals surface area contributed by atoms with E-state index in [-0.39, 0.29) is 0 Å². The highest BCUT2D eigenvalue weighted by Crippen LogP contribution is 2.43. The molecule has 1 atom stereocenters. The van der Waals surface area contributed by atoms with Crippen LogP contribution in [0.4, 0.5) is 0 Å². The van der Waals surface area contributed by atoms with Gasteiger partial charge in [-0.3, -0.25) is 0 Å². The molecule has 16 heavy (non-hydrogen) atoms. The van der Waals surface area contributed by atoms with Crippen LogP contribution >= 0.6 is 0 Å². The summed E-state index contributed by atoms with van der Waals surface area (Å²) in [4.78, 5) is 0. The summed E-state index contributed by atoms with van der Waals surface area (Å²) in [7, 11) is 0. The summed E-state index contributed by atoms with van der Waals surface area (Å²) in [5.41, 5.74) is 3.44. The fraction of sp³-hybridized carbons (Fsp3) is 0.500. The minimum atomic E-state index is 0.479. The molecular weight excluding hydrogens is 192 g/mol. The first-order valence-corrected chi connectivity index (χ1v) is 6.39. The highest BCUT2D eigenvalue weighted by Gasteiger charge is 2.30. The largest absolute Gasteiger partial charge is 0.0771 e. The second kappa shape index (κ2) is 4.45. The zero-order valence-corrected chi connectivity index (χ0v) is 10.7. The summed E-state index contributed by atoms with van der Waals surface area (Å²) >= 11 is 0. The fourth-order valence-electron chi connectivity index (χ4n) is 2.76. The van der Waals surface area contributed by atoms with Crippen LogP contribution in [0.15, 0.2) is 36.4 Å². The van der Waals surface area contributed by atoms with Crippen LogP contribution < -0.4 is 0 Å². The van der Waals surface area contributed by atoms with Gasteiger partial charge in [0.2, 0.25) is 0 Å². The summed E-state index contributed by atoms with van der Waals surface area (Å²) in [6, 6.07) is 10.8. The van der Waals surface area contributed by atoms with Gasteiger partial charge in [0.25, 0.3) is 0 Å².